The molecule has 24 heavy (non-hydrogen) atoms. The Labute approximate surface area is 141 Å². The fourth-order valence-corrected chi connectivity index (χ4v) is 3.36. The highest BCUT2D eigenvalue weighted by Crippen LogP contribution is 2.30. The lowest BCUT2D eigenvalue weighted by molar-refractivity contribution is -0.145. The fraction of sp³-hybridized carbons (Fsp3) is 0.688. The second-order valence-electron chi connectivity index (χ2n) is 6.81. The van der Waals surface area contributed by atoms with Crippen molar-refractivity contribution in [2.75, 3.05) is 53.4 Å². The molecule has 2 fully saturated rings. The molecule has 8 heteroatoms. The van der Waals surface area contributed by atoms with Gasteiger partial charge in [0.25, 0.3) is 5.91 Å². The summed E-state index contributed by atoms with van der Waals surface area (Å²) in [5, 5.41) is 6.51. The van der Waals surface area contributed by atoms with Crippen LogP contribution in [0.2, 0.25) is 0 Å². The van der Waals surface area contributed by atoms with E-state index in [0.717, 1.165) is 25.9 Å². The largest absolute Gasteiger partial charge is 0.372 e. The van der Waals surface area contributed by atoms with Crippen LogP contribution in [0, 0.1) is 0 Å². The van der Waals surface area contributed by atoms with E-state index < -0.39 is 0 Å². The molecule has 0 radical (unpaired) electrons. The van der Waals surface area contributed by atoms with Gasteiger partial charge in [-0.1, -0.05) is 0 Å². The van der Waals surface area contributed by atoms with Crippen molar-refractivity contribution in [3.63, 3.8) is 0 Å². The van der Waals surface area contributed by atoms with Crippen molar-refractivity contribution in [3.8, 4) is 0 Å². The highest BCUT2D eigenvalue weighted by atomic mass is 16.5. The van der Waals surface area contributed by atoms with Gasteiger partial charge in [-0.3, -0.25) is 19.6 Å². The summed E-state index contributed by atoms with van der Waals surface area (Å²) in [7, 11) is 3.55. The standard InChI is InChI=1S/C16H25N5O3/c1-19(2)14(22)11-20-7-8-24-16(12-20)3-5-21(6-4-16)15(23)13-9-17-18-10-13/h9-10H,3-8,11-12H2,1-2H3,(H,17,18). The SMILES string of the molecule is CN(C)C(=O)CN1CCOC2(CCN(C(=O)c3cn[nH]c3)CC2)C1. The molecule has 1 spiro atoms. The molecule has 0 atom stereocenters. The van der Waals surface area contributed by atoms with Crippen molar-refractivity contribution in [1.29, 1.82) is 0 Å². The molecular weight excluding hydrogens is 310 g/mol. The minimum Gasteiger partial charge on any atom is -0.372 e. The maximum Gasteiger partial charge on any atom is 0.257 e. The molecule has 3 rings (SSSR count). The lowest BCUT2D eigenvalue weighted by atomic mass is 9.89. The molecule has 2 aliphatic heterocycles. The smallest absolute Gasteiger partial charge is 0.257 e. The number of ether oxygens (including phenoxy) is 1. The number of morpholine rings is 1. The van der Waals surface area contributed by atoms with Crippen LogP contribution < -0.4 is 0 Å². The number of likely N-dealkylation sites (tertiary alicyclic amines) is 1. The van der Waals surface area contributed by atoms with Gasteiger partial charge in [0.2, 0.25) is 5.91 Å². The van der Waals surface area contributed by atoms with Crippen LogP contribution in [0.25, 0.3) is 0 Å². The molecule has 1 aromatic rings. The van der Waals surface area contributed by atoms with Gasteiger partial charge in [-0.25, -0.2) is 0 Å². The number of aromatic nitrogens is 2. The quantitative estimate of drug-likeness (QED) is 0.828. The number of H-pyrrole nitrogens is 1. The van der Waals surface area contributed by atoms with Gasteiger partial charge >= 0.3 is 0 Å². The van der Waals surface area contributed by atoms with E-state index in [1.165, 1.54) is 0 Å². The number of amides is 2. The van der Waals surface area contributed by atoms with Crippen molar-refractivity contribution < 1.29 is 14.3 Å². The number of nitrogens with one attached hydrogen (secondary N) is 1. The Morgan fingerprint density at radius 3 is 2.71 bits per heavy atom. The first-order chi connectivity index (χ1) is 11.5. The number of carbonyl (C=O) groups excluding carboxylic acids is 2. The van der Waals surface area contributed by atoms with Crippen LogP contribution in [0.4, 0.5) is 0 Å². The maximum atomic E-state index is 12.4. The van der Waals surface area contributed by atoms with Crippen LogP contribution in [-0.2, 0) is 9.53 Å². The van der Waals surface area contributed by atoms with E-state index in [1.807, 2.05) is 4.90 Å². The Balaban J connectivity index is 1.56. The van der Waals surface area contributed by atoms with Gasteiger partial charge in [0.1, 0.15) is 0 Å². The second-order valence-corrected chi connectivity index (χ2v) is 6.81. The van der Waals surface area contributed by atoms with Gasteiger partial charge < -0.3 is 14.5 Å². The molecule has 2 aliphatic rings. The van der Waals surface area contributed by atoms with Crippen molar-refractivity contribution in [3.05, 3.63) is 18.0 Å². The normalized spacial score (nSPS) is 21.0. The zero-order chi connectivity index (χ0) is 17.2. The predicted octanol–water partition coefficient (Wildman–Crippen LogP) is -0.195. The molecule has 0 aromatic carbocycles. The Kier molecular flexibility index (Phi) is 4.86. The van der Waals surface area contributed by atoms with E-state index in [2.05, 4.69) is 15.1 Å². The monoisotopic (exact) mass is 335 g/mol. The average Bonchev–Trinajstić information content (AvgIpc) is 3.09. The molecule has 1 aromatic heterocycles. The highest BCUT2D eigenvalue weighted by molar-refractivity contribution is 5.93. The highest BCUT2D eigenvalue weighted by Gasteiger charge is 2.41. The van der Waals surface area contributed by atoms with Crippen molar-refractivity contribution >= 4 is 11.8 Å². The van der Waals surface area contributed by atoms with Gasteiger partial charge in [-0.05, 0) is 12.8 Å². The van der Waals surface area contributed by atoms with Crippen LogP contribution in [0.15, 0.2) is 12.4 Å². The van der Waals surface area contributed by atoms with Gasteiger partial charge in [-0.15, -0.1) is 0 Å². The van der Waals surface area contributed by atoms with Gasteiger partial charge in [0.05, 0.1) is 30.5 Å². The first-order valence-corrected chi connectivity index (χ1v) is 8.34. The zero-order valence-electron chi connectivity index (χ0n) is 14.3. The lowest BCUT2D eigenvalue weighted by Gasteiger charge is -2.47. The molecular formula is C16H25N5O3. The third-order valence-corrected chi connectivity index (χ3v) is 4.89. The van der Waals surface area contributed by atoms with E-state index in [1.54, 1.807) is 31.4 Å². The summed E-state index contributed by atoms with van der Waals surface area (Å²) in [6, 6.07) is 0. The van der Waals surface area contributed by atoms with Crippen LogP contribution in [0.3, 0.4) is 0 Å². The van der Waals surface area contributed by atoms with Gasteiger partial charge in [0, 0.05) is 46.5 Å². The lowest BCUT2D eigenvalue weighted by Crippen LogP contribution is -2.58. The number of hydrogen-bond donors (Lipinski definition) is 1. The molecule has 0 saturated carbocycles. The Hall–Kier alpha value is -1.93. The van der Waals surface area contributed by atoms with Crippen molar-refractivity contribution in [2.24, 2.45) is 0 Å². The summed E-state index contributed by atoms with van der Waals surface area (Å²) in [5.74, 6) is 0.119. The zero-order valence-corrected chi connectivity index (χ0v) is 14.3. The number of rotatable bonds is 3. The first kappa shape index (κ1) is 16.9. The molecule has 2 amide bonds. The van der Waals surface area contributed by atoms with Gasteiger partial charge in [-0.2, -0.15) is 5.10 Å². The fourth-order valence-electron chi connectivity index (χ4n) is 3.36. The molecule has 3 heterocycles. The average molecular weight is 335 g/mol. The van der Waals surface area contributed by atoms with E-state index in [4.69, 9.17) is 4.74 Å². The number of carbonyl (C=O) groups is 2. The minimum absolute atomic E-state index is 0.00838. The molecule has 8 nitrogen and oxygen atoms in total. The van der Waals surface area contributed by atoms with E-state index in [-0.39, 0.29) is 17.4 Å². The summed E-state index contributed by atoms with van der Waals surface area (Å²) in [6.07, 6.45) is 4.77. The Morgan fingerprint density at radius 2 is 2.08 bits per heavy atom. The number of hydrogen-bond acceptors (Lipinski definition) is 5. The Bertz CT molecular complexity index is 579. The molecule has 2 saturated heterocycles. The molecule has 0 aliphatic carbocycles. The van der Waals surface area contributed by atoms with Crippen LogP contribution in [0.5, 0.6) is 0 Å². The molecule has 132 valence electrons. The summed E-state index contributed by atoms with van der Waals surface area (Å²) in [4.78, 5) is 30.0. The van der Waals surface area contributed by atoms with Crippen LogP contribution in [-0.4, -0.2) is 95.7 Å². The topological polar surface area (TPSA) is 81.8 Å². The van der Waals surface area contributed by atoms with Crippen LogP contribution in [0.1, 0.15) is 23.2 Å². The Morgan fingerprint density at radius 1 is 1.33 bits per heavy atom. The van der Waals surface area contributed by atoms with Crippen molar-refractivity contribution in [2.45, 2.75) is 18.4 Å². The molecule has 0 unspecified atom stereocenters. The number of nitrogens with zero attached hydrogens (tertiary/aromatic N) is 4. The molecule has 1 N–H and O–H groups in total. The number of aromatic amines is 1. The van der Waals surface area contributed by atoms with E-state index >= 15 is 0 Å². The van der Waals surface area contributed by atoms with Crippen molar-refractivity contribution in [1.82, 2.24) is 24.9 Å². The first-order valence-electron chi connectivity index (χ1n) is 8.34. The number of piperidine rings is 1. The number of likely N-dealkylation sites (N-methyl/N-ethyl adjacent to an activating group) is 1. The third-order valence-electron chi connectivity index (χ3n) is 4.89. The summed E-state index contributed by atoms with van der Waals surface area (Å²) < 4.78 is 6.07. The second kappa shape index (κ2) is 6.90. The van der Waals surface area contributed by atoms with E-state index in [0.29, 0.717) is 31.8 Å². The predicted molar refractivity (Wildman–Crippen MR) is 87.5 cm³/mol. The minimum atomic E-state index is -0.238. The molecule has 0 bridgehead atoms. The van der Waals surface area contributed by atoms with E-state index in [9.17, 15) is 9.59 Å². The maximum absolute atomic E-state index is 12.4. The van der Waals surface area contributed by atoms with Crippen LogP contribution >= 0.6 is 0 Å². The summed E-state index contributed by atoms with van der Waals surface area (Å²) >= 11 is 0. The third kappa shape index (κ3) is 3.59. The summed E-state index contributed by atoms with van der Waals surface area (Å²) in [5.41, 5.74) is 0.353. The summed E-state index contributed by atoms with van der Waals surface area (Å²) in [6.45, 7) is 3.92. The van der Waals surface area contributed by atoms with Gasteiger partial charge in [0.15, 0.2) is 0 Å².